The largest absolute Gasteiger partial charge is 0.487 e. The van der Waals surface area contributed by atoms with Crippen LogP contribution in [0.3, 0.4) is 0 Å². The highest BCUT2D eigenvalue weighted by atomic mass is 28.3. The zero-order valence-electron chi connectivity index (χ0n) is 22.6. The van der Waals surface area contributed by atoms with E-state index < -0.39 is 32.2 Å². The predicted octanol–water partition coefficient (Wildman–Crippen LogP) is 3.65. The summed E-state index contributed by atoms with van der Waals surface area (Å²) in [6.45, 7) is 7.38. The molecule has 3 aliphatic rings. The molecular formula is C27H39N3O7Si. The summed E-state index contributed by atoms with van der Waals surface area (Å²) in [5, 5.41) is 0. The van der Waals surface area contributed by atoms with E-state index in [4.69, 9.17) is 19.9 Å². The van der Waals surface area contributed by atoms with E-state index in [0.717, 1.165) is 42.2 Å². The van der Waals surface area contributed by atoms with E-state index in [2.05, 4.69) is 19.6 Å². The van der Waals surface area contributed by atoms with Gasteiger partial charge in [-0.1, -0.05) is 26.1 Å². The van der Waals surface area contributed by atoms with Crippen molar-refractivity contribution in [2.75, 3.05) is 13.3 Å². The molecule has 2 aliphatic heterocycles. The number of nitrogens with zero attached hydrogens (tertiary/aromatic N) is 2. The Balaban J connectivity index is 1.42. The maximum atomic E-state index is 13.3. The van der Waals surface area contributed by atoms with Crippen LogP contribution >= 0.6 is 0 Å². The van der Waals surface area contributed by atoms with Crippen LogP contribution in [-0.4, -0.2) is 73.3 Å². The van der Waals surface area contributed by atoms with E-state index in [1.165, 1.54) is 0 Å². The average molecular weight is 546 g/mol. The summed E-state index contributed by atoms with van der Waals surface area (Å²) in [5.74, 6) is -0.318. The molecule has 11 heteroatoms. The standard InChI is InChI=1S/C27H39N3O7Si/c1-38(2,3)14-13-35-17-30-24(31)12-11-21(26(30)33)29-16-18-15-19(9-10-20(18)25(29)32)36-22-7-5-4-6-8-23(22)37-27(28)34/h9-10,15,21-23H,4-8,11-14,16-17H2,1-3H3,(H2,28,34)/t21?,22-,23-/m0/s1. The lowest BCUT2D eigenvalue weighted by atomic mass is 10.0. The van der Waals surface area contributed by atoms with Crippen molar-refractivity contribution in [2.24, 2.45) is 5.73 Å². The van der Waals surface area contributed by atoms with Gasteiger partial charge < -0.3 is 24.8 Å². The number of primary amides is 1. The van der Waals surface area contributed by atoms with Crippen LogP contribution in [0.4, 0.5) is 4.79 Å². The van der Waals surface area contributed by atoms with Crippen LogP contribution in [0.25, 0.3) is 0 Å². The molecule has 0 aromatic heterocycles. The minimum Gasteiger partial charge on any atom is -0.487 e. The first-order chi connectivity index (χ1) is 18.0. The molecule has 2 N–H and O–H groups in total. The molecule has 208 valence electrons. The number of nitrogens with two attached hydrogens (primary N) is 1. The number of benzene rings is 1. The Morgan fingerprint density at radius 1 is 1.05 bits per heavy atom. The molecule has 10 nitrogen and oxygen atoms in total. The summed E-state index contributed by atoms with van der Waals surface area (Å²) in [6.07, 6.45) is 3.27. The molecule has 1 saturated carbocycles. The molecule has 1 aromatic rings. The van der Waals surface area contributed by atoms with Gasteiger partial charge in [0, 0.05) is 33.2 Å². The van der Waals surface area contributed by atoms with E-state index in [9.17, 15) is 19.2 Å². The second kappa shape index (κ2) is 11.9. The van der Waals surface area contributed by atoms with Crippen molar-refractivity contribution in [2.45, 2.75) is 95.4 Å². The maximum Gasteiger partial charge on any atom is 0.404 e. The van der Waals surface area contributed by atoms with Crippen LogP contribution in [-0.2, 0) is 25.6 Å². The first kappa shape index (κ1) is 28.1. The molecule has 0 spiro atoms. The minimum absolute atomic E-state index is 0.0818. The van der Waals surface area contributed by atoms with Crippen molar-refractivity contribution in [1.29, 1.82) is 0 Å². The number of likely N-dealkylation sites (tertiary alicyclic amines) is 1. The van der Waals surface area contributed by atoms with Crippen LogP contribution in [0.5, 0.6) is 5.75 Å². The van der Waals surface area contributed by atoms with Gasteiger partial charge in [0.25, 0.3) is 11.8 Å². The van der Waals surface area contributed by atoms with Gasteiger partial charge in [-0.25, -0.2) is 4.79 Å². The third-order valence-corrected chi connectivity index (χ3v) is 9.14. The van der Waals surface area contributed by atoms with Crippen molar-refractivity contribution in [3.8, 4) is 5.75 Å². The summed E-state index contributed by atoms with van der Waals surface area (Å²) in [7, 11) is -1.30. The topological polar surface area (TPSA) is 128 Å². The summed E-state index contributed by atoms with van der Waals surface area (Å²) in [5.41, 5.74) is 6.55. The summed E-state index contributed by atoms with van der Waals surface area (Å²) < 4.78 is 17.2. The molecule has 4 amide bonds. The zero-order chi connectivity index (χ0) is 27.4. The van der Waals surface area contributed by atoms with E-state index >= 15 is 0 Å². The van der Waals surface area contributed by atoms with Gasteiger partial charge in [-0.05, 0) is 61.9 Å². The molecule has 2 fully saturated rings. The molecule has 1 aromatic carbocycles. The maximum absolute atomic E-state index is 13.3. The molecule has 4 rings (SSSR count). The van der Waals surface area contributed by atoms with Crippen molar-refractivity contribution >= 4 is 31.9 Å². The molecule has 1 saturated heterocycles. The summed E-state index contributed by atoms with van der Waals surface area (Å²) >= 11 is 0. The molecule has 0 bridgehead atoms. The Kier molecular flexibility index (Phi) is 8.77. The highest BCUT2D eigenvalue weighted by Gasteiger charge is 2.43. The lowest BCUT2D eigenvalue weighted by Crippen LogP contribution is -2.55. The van der Waals surface area contributed by atoms with Gasteiger partial charge in [0.2, 0.25) is 5.91 Å². The number of fused-ring (bicyclic) bond motifs is 1. The molecule has 2 heterocycles. The number of hydrogen-bond acceptors (Lipinski definition) is 7. The second-order valence-electron chi connectivity index (χ2n) is 11.6. The number of carbonyl (C=O) groups excluding carboxylic acids is 4. The zero-order valence-corrected chi connectivity index (χ0v) is 23.6. The first-order valence-electron chi connectivity index (χ1n) is 13.5. The van der Waals surface area contributed by atoms with Crippen molar-refractivity contribution in [1.82, 2.24) is 9.80 Å². The van der Waals surface area contributed by atoms with Crippen LogP contribution in [0, 0.1) is 0 Å². The Morgan fingerprint density at radius 2 is 1.79 bits per heavy atom. The van der Waals surface area contributed by atoms with Gasteiger partial charge in [0.15, 0.2) is 0 Å². The lowest BCUT2D eigenvalue weighted by molar-refractivity contribution is -0.158. The number of hydrogen-bond donors (Lipinski definition) is 1. The van der Waals surface area contributed by atoms with Crippen molar-refractivity contribution in [3.05, 3.63) is 29.3 Å². The Bertz CT molecular complexity index is 1070. The number of piperidine rings is 1. The summed E-state index contributed by atoms with van der Waals surface area (Å²) in [4.78, 5) is 53.1. The van der Waals surface area contributed by atoms with E-state index in [1.807, 2.05) is 6.07 Å². The van der Waals surface area contributed by atoms with Crippen LogP contribution < -0.4 is 10.5 Å². The Hall–Kier alpha value is -2.92. The lowest BCUT2D eigenvalue weighted by Gasteiger charge is -2.35. The van der Waals surface area contributed by atoms with Gasteiger partial charge >= 0.3 is 6.09 Å². The second-order valence-corrected chi connectivity index (χ2v) is 17.2. The number of imide groups is 1. The smallest absolute Gasteiger partial charge is 0.404 e. The van der Waals surface area contributed by atoms with Gasteiger partial charge in [0.05, 0.1) is 0 Å². The highest BCUT2D eigenvalue weighted by Crippen LogP contribution is 2.33. The van der Waals surface area contributed by atoms with E-state index in [-0.39, 0.29) is 37.6 Å². The van der Waals surface area contributed by atoms with Crippen LogP contribution in [0.1, 0.15) is 60.9 Å². The normalized spacial score (nSPS) is 24.3. The van der Waals surface area contributed by atoms with E-state index in [0.29, 0.717) is 30.8 Å². The first-order valence-corrected chi connectivity index (χ1v) is 17.2. The highest BCUT2D eigenvalue weighted by molar-refractivity contribution is 6.76. The molecule has 3 atom stereocenters. The summed E-state index contributed by atoms with van der Waals surface area (Å²) in [6, 6.07) is 5.48. The molecule has 38 heavy (non-hydrogen) atoms. The number of carbonyl (C=O) groups is 4. The quantitative estimate of drug-likeness (QED) is 0.217. The van der Waals surface area contributed by atoms with Gasteiger partial charge in [-0.15, -0.1) is 0 Å². The fourth-order valence-electron chi connectivity index (χ4n) is 5.26. The average Bonchev–Trinajstić information content (AvgIpc) is 3.00. The van der Waals surface area contributed by atoms with Gasteiger partial charge in [0.1, 0.15) is 30.7 Å². The number of rotatable bonds is 9. The monoisotopic (exact) mass is 545 g/mol. The fourth-order valence-corrected chi connectivity index (χ4v) is 6.01. The predicted molar refractivity (Wildman–Crippen MR) is 142 cm³/mol. The van der Waals surface area contributed by atoms with Crippen LogP contribution in [0.15, 0.2) is 18.2 Å². The Labute approximate surface area is 224 Å². The van der Waals surface area contributed by atoms with Crippen molar-refractivity contribution < 1.29 is 33.4 Å². The fraction of sp³-hybridized carbons (Fsp3) is 0.630. The Morgan fingerprint density at radius 3 is 2.50 bits per heavy atom. The SMILES string of the molecule is C[Si](C)(C)CCOCN1C(=O)CCC(N2Cc3cc(O[C@H]4CCCCC[C@@H]4OC(N)=O)ccc3C2=O)C1=O. The van der Waals surface area contributed by atoms with Gasteiger partial charge in [-0.2, -0.15) is 0 Å². The number of amides is 4. The van der Waals surface area contributed by atoms with Crippen LogP contribution in [0.2, 0.25) is 25.7 Å². The third kappa shape index (κ3) is 6.74. The molecule has 1 aliphatic carbocycles. The third-order valence-electron chi connectivity index (χ3n) is 7.43. The molecular weight excluding hydrogens is 506 g/mol. The van der Waals surface area contributed by atoms with Crippen molar-refractivity contribution in [3.63, 3.8) is 0 Å². The number of ether oxygens (including phenoxy) is 3. The molecule has 1 unspecified atom stereocenters. The van der Waals surface area contributed by atoms with Gasteiger partial charge in [-0.3, -0.25) is 19.3 Å². The minimum atomic E-state index is -1.30. The molecule has 0 radical (unpaired) electrons. The van der Waals surface area contributed by atoms with E-state index in [1.54, 1.807) is 17.0 Å².